The van der Waals surface area contributed by atoms with E-state index in [4.69, 9.17) is 4.52 Å². The first-order valence-electron chi connectivity index (χ1n) is 4.61. The molecule has 2 aromatic rings. The maximum atomic E-state index is 5.10. The van der Waals surface area contributed by atoms with E-state index in [1.54, 1.807) is 18.0 Å². The fraction of sp³-hybridized carbons (Fsp3) is 0.444. The highest BCUT2D eigenvalue weighted by atomic mass is 32.2. The number of nitrogens with zero attached hydrogens (tertiary/aromatic N) is 4. The van der Waals surface area contributed by atoms with Crippen molar-refractivity contribution in [2.24, 2.45) is 7.05 Å². The van der Waals surface area contributed by atoms with Crippen LogP contribution in [-0.4, -0.2) is 19.7 Å². The van der Waals surface area contributed by atoms with E-state index < -0.39 is 0 Å². The Bertz CT molecular complexity index is 450. The number of imidazole rings is 1. The summed E-state index contributed by atoms with van der Waals surface area (Å²) in [5.74, 6) is 1.30. The van der Waals surface area contributed by atoms with E-state index in [-0.39, 0.29) is 5.25 Å². The molecule has 0 unspecified atom stereocenters. The normalized spacial score (nSPS) is 13.0. The smallest absolute Gasteiger partial charge is 0.239 e. The largest absolute Gasteiger partial charge is 0.338 e. The number of hydrogen-bond acceptors (Lipinski definition) is 5. The molecule has 0 aliphatic carbocycles. The summed E-state index contributed by atoms with van der Waals surface area (Å²) in [6.07, 6.45) is 3.68. The van der Waals surface area contributed by atoms with Crippen LogP contribution in [0.4, 0.5) is 0 Å². The fourth-order valence-electron chi connectivity index (χ4n) is 1.15. The van der Waals surface area contributed by atoms with Gasteiger partial charge in [-0.05, 0) is 13.8 Å². The van der Waals surface area contributed by atoms with Crippen LogP contribution in [0.15, 0.2) is 22.1 Å². The maximum absolute atomic E-state index is 5.10. The molecule has 0 aliphatic heterocycles. The summed E-state index contributed by atoms with van der Waals surface area (Å²) < 4.78 is 7.06. The zero-order valence-corrected chi connectivity index (χ0v) is 9.65. The van der Waals surface area contributed by atoms with Crippen LogP contribution in [0.3, 0.4) is 0 Å². The molecule has 0 spiro atoms. The molecule has 0 saturated carbocycles. The minimum absolute atomic E-state index is 0.118. The third-order valence-electron chi connectivity index (χ3n) is 1.95. The predicted octanol–water partition coefficient (Wildman–Crippen LogP) is 1.96. The van der Waals surface area contributed by atoms with Gasteiger partial charge in [-0.2, -0.15) is 4.98 Å². The van der Waals surface area contributed by atoms with Gasteiger partial charge in [0, 0.05) is 19.4 Å². The second-order valence-electron chi connectivity index (χ2n) is 3.26. The molecule has 1 atom stereocenters. The van der Waals surface area contributed by atoms with Gasteiger partial charge in [0.2, 0.25) is 5.89 Å². The van der Waals surface area contributed by atoms with Crippen molar-refractivity contribution in [2.75, 3.05) is 0 Å². The molecule has 0 bridgehead atoms. The van der Waals surface area contributed by atoms with Crippen LogP contribution >= 0.6 is 11.8 Å². The molecule has 2 aromatic heterocycles. The second kappa shape index (κ2) is 4.06. The molecule has 0 aromatic carbocycles. The summed E-state index contributed by atoms with van der Waals surface area (Å²) in [5.41, 5.74) is 0. The van der Waals surface area contributed by atoms with Gasteiger partial charge >= 0.3 is 0 Å². The number of hydrogen-bond donors (Lipinski definition) is 0. The van der Waals surface area contributed by atoms with Crippen molar-refractivity contribution in [2.45, 2.75) is 24.3 Å². The number of rotatable bonds is 3. The Labute approximate surface area is 91.9 Å². The Morgan fingerprint density at radius 1 is 1.53 bits per heavy atom. The lowest BCUT2D eigenvalue weighted by molar-refractivity contribution is 0.376. The molecular formula is C9H12N4OS. The molecule has 0 amide bonds. The Morgan fingerprint density at radius 3 is 2.87 bits per heavy atom. The van der Waals surface area contributed by atoms with Crippen molar-refractivity contribution in [1.29, 1.82) is 0 Å². The molecule has 2 rings (SSSR count). The van der Waals surface area contributed by atoms with Gasteiger partial charge < -0.3 is 9.09 Å². The van der Waals surface area contributed by atoms with E-state index in [1.807, 2.05) is 31.7 Å². The molecule has 0 fully saturated rings. The monoisotopic (exact) mass is 224 g/mol. The third-order valence-corrected chi connectivity index (χ3v) is 3.11. The molecular weight excluding hydrogens is 212 g/mol. The Balaban J connectivity index is 2.10. The quantitative estimate of drug-likeness (QED) is 0.746. The van der Waals surface area contributed by atoms with Gasteiger partial charge in [0.25, 0.3) is 0 Å². The molecule has 0 aliphatic rings. The van der Waals surface area contributed by atoms with Crippen LogP contribution in [-0.2, 0) is 7.05 Å². The lowest BCUT2D eigenvalue weighted by Gasteiger charge is -2.05. The minimum Gasteiger partial charge on any atom is -0.338 e. The molecule has 0 N–H and O–H groups in total. The number of aromatic nitrogens is 4. The molecule has 2 heterocycles. The van der Waals surface area contributed by atoms with Gasteiger partial charge in [0.05, 0.1) is 5.25 Å². The van der Waals surface area contributed by atoms with Crippen molar-refractivity contribution in [1.82, 2.24) is 19.7 Å². The topological polar surface area (TPSA) is 56.7 Å². The summed E-state index contributed by atoms with van der Waals surface area (Å²) >= 11 is 1.60. The number of thioether (sulfide) groups is 1. The van der Waals surface area contributed by atoms with Gasteiger partial charge in [-0.3, -0.25) is 0 Å². The summed E-state index contributed by atoms with van der Waals surface area (Å²) in [5, 5.41) is 4.82. The summed E-state index contributed by atoms with van der Waals surface area (Å²) in [6.45, 7) is 3.83. The van der Waals surface area contributed by atoms with Crippen molar-refractivity contribution >= 4 is 11.8 Å². The summed E-state index contributed by atoms with van der Waals surface area (Å²) in [7, 11) is 1.96. The van der Waals surface area contributed by atoms with Crippen LogP contribution in [0.5, 0.6) is 0 Å². The first-order valence-corrected chi connectivity index (χ1v) is 5.49. The van der Waals surface area contributed by atoms with Crippen molar-refractivity contribution in [3.05, 3.63) is 24.1 Å². The maximum Gasteiger partial charge on any atom is 0.239 e. The van der Waals surface area contributed by atoms with Crippen molar-refractivity contribution in [3.8, 4) is 0 Å². The van der Waals surface area contributed by atoms with Crippen molar-refractivity contribution in [3.63, 3.8) is 0 Å². The van der Waals surface area contributed by atoms with Crippen LogP contribution in [0.2, 0.25) is 0 Å². The summed E-state index contributed by atoms with van der Waals surface area (Å²) in [4.78, 5) is 8.41. The van der Waals surface area contributed by atoms with E-state index in [0.717, 1.165) is 5.16 Å². The molecule has 80 valence electrons. The van der Waals surface area contributed by atoms with E-state index in [2.05, 4.69) is 15.1 Å². The van der Waals surface area contributed by atoms with Crippen molar-refractivity contribution < 1.29 is 4.52 Å². The second-order valence-corrected chi connectivity index (χ2v) is 4.57. The van der Waals surface area contributed by atoms with Crippen LogP contribution in [0, 0.1) is 6.92 Å². The first kappa shape index (κ1) is 10.2. The highest BCUT2D eigenvalue weighted by Gasteiger charge is 2.16. The molecule has 5 nitrogen and oxygen atoms in total. The Hall–Kier alpha value is -1.30. The van der Waals surface area contributed by atoms with Gasteiger partial charge in [-0.25, -0.2) is 4.98 Å². The Morgan fingerprint density at radius 2 is 2.33 bits per heavy atom. The predicted molar refractivity (Wildman–Crippen MR) is 56.5 cm³/mol. The summed E-state index contributed by atoms with van der Waals surface area (Å²) in [6, 6.07) is 0. The zero-order chi connectivity index (χ0) is 10.8. The van der Waals surface area contributed by atoms with Crippen LogP contribution in [0.25, 0.3) is 0 Å². The number of aryl methyl sites for hydroxylation is 2. The third kappa shape index (κ3) is 2.20. The molecule has 0 radical (unpaired) electrons. The van der Waals surface area contributed by atoms with Gasteiger partial charge in [-0.15, -0.1) is 0 Å². The van der Waals surface area contributed by atoms with Crippen LogP contribution < -0.4 is 0 Å². The van der Waals surface area contributed by atoms with Gasteiger partial charge in [-0.1, -0.05) is 16.9 Å². The van der Waals surface area contributed by atoms with E-state index in [1.165, 1.54) is 0 Å². The zero-order valence-electron chi connectivity index (χ0n) is 8.84. The Kier molecular flexibility index (Phi) is 2.77. The lowest BCUT2D eigenvalue weighted by Crippen LogP contribution is -1.94. The highest BCUT2D eigenvalue weighted by Crippen LogP contribution is 2.32. The molecule has 0 saturated heterocycles. The average Bonchev–Trinajstić information content (AvgIpc) is 2.77. The van der Waals surface area contributed by atoms with E-state index >= 15 is 0 Å². The highest BCUT2D eigenvalue weighted by molar-refractivity contribution is 7.99. The van der Waals surface area contributed by atoms with E-state index in [0.29, 0.717) is 11.7 Å². The first-order chi connectivity index (χ1) is 7.16. The molecule has 15 heavy (non-hydrogen) atoms. The van der Waals surface area contributed by atoms with E-state index in [9.17, 15) is 0 Å². The fourth-order valence-corrected chi connectivity index (χ4v) is 2.01. The SMILES string of the molecule is Cc1noc([C@@H](C)Sc2nccn2C)n1. The average molecular weight is 224 g/mol. The lowest BCUT2D eigenvalue weighted by atomic mass is 10.5. The van der Waals surface area contributed by atoms with Crippen LogP contribution in [0.1, 0.15) is 23.9 Å². The molecule has 6 heteroatoms. The standard InChI is InChI=1S/C9H12N4OS/c1-6(8-11-7(2)12-14-8)15-9-10-4-5-13(9)3/h4-6H,1-3H3/t6-/m1/s1. The van der Waals surface area contributed by atoms with Gasteiger partial charge in [0.15, 0.2) is 11.0 Å². The van der Waals surface area contributed by atoms with Gasteiger partial charge in [0.1, 0.15) is 0 Å². The minimum atomic E-state index is 0.118.